The second kappa shape index (κ2) is 7.71. The minimum atomic E-state index is -0.190. The quantitative estimate of drug-likeness (QED) is 0.888. The van der Waals surface area contributed by atoms with Gasteiger partial charge in [0.1, 0.15) is 0 Å². The normalized spacial score (nSPS) is 10.1. The lowest BCUT2D eigenvalue weighted by molar-refractivity contribution is 0.0950. The van der Waals surface area contributed by atoms with E-state index in [1.807, 2.05) is 24.3 Å². The van der Waals surface area contributed by atoms with Gasteiger partial charge in [-0.2, -0.15) is 0 Å². The van der Waals surface area contributed by atoms with E-state index in [-0.39, 0.29) is 5.91 Å². The molecule has 2 rings (SSSR count). The van der Waals surface area contributed by atoms with Gasteiger partial charge >= 0.3 is 0 Å². The average molecular weight is 320 g/mol. The maximum Gasteiger partial charge on any atom is 0.255 e. The number of para-hydroxylation sites is 1. The van der Waals surface area contributed by atoms with Crippen LogP contribution in [-0.2, 0) is 6.42 Å². The number of hydrogen-bond donors (Lipinski definition) is 1. The molecule has 1 amide bonds. The fourth-order valence-corrected chi connectivity index (χ4v) is 2.26. The number of carbonyl (C=O) groups excluding carboxylic acids is 1. The SMILES string of the molecule is COc1cccc(C(=O)NCCc2ccc(Cl)cc2)c1OC. The van der Waals surface area contributed by atoms with E-state index in [1.165, 1.54) is 7.11 Å². The maximum atomic E-state index is 12.3. The van der Waals surface area contributed by atoms with Gasteiger partial charge in [-0.15, -0.1) is 0 Å². The van der Waals surface area contributed by atoms with E-state index < -0.39 is 0 Å². The Kier molecular flexibility index (Phi) is 5.67. The highest BCUT2D eigenvalue weighted by atomic mass is 35.5. The first-order valence-electron chi connectivity index (χ1n) is 6.89. The third kappa shape index (κ3) is 3.92. The summed E-state index contributed by atoms with van der Waals surface area (Å²) >= 11 is 5.84. The number of amides is 1. The summed E-state index contributed by atoms with van der Waals surface area (Å²) in [5.74, 6) is 0.784. The summed E-state index contributed by atoms with van der Waals surface area (Å²) in [6, 6.07) is 12.8. The van der Waals surface area contributed by atoms with Crippen LogP contribution in [-0.4, -0.2) is 26.7 Å². The van der Waals surface area contributed by atoms with Gasteiger partial charge in [0.05, 0.1) is 19.8 Å². The van der Waals surface area contributed by atoms with E-state index in [4.69, 9.17) is 21.1 Å². The molecule has 0 spiro atoms. The highest BCUT2D eigenvalue weighted by Gasteiger charge is 2.15. The minimum absolute atomic E-state index is 0.190. The van der Waals surface area contributed by atoms with Gasteiger partial charge in [0.2, 0.25) is 0 Å². The molecule has 0 atom stereocenters. The third-order valence-corrected chi connectivity index (χ3v) is 3.51. The number of carbonyl (C=O) groups is 1. The number of ether oxygens (including phenoxy) is 2. The summed E-state index contributed by atoms with van der Waals surface area (Å²) in [5, 5.41) is 3.58. The number of methoxy groups -OCH3 is 2. The van der Waals surface area contributed by atoms with Crippen molar-refractivity contribution >= 4 is 17.5 Å². The van der Waals surface area contributed by atoms with Crippen molar-refractivity contribution in [3.05, 3.63) is 58.6 Å². The van der Waals surface area contributed by atoms with Gasteiger partial charge in [-0.1, -0.05) is 29.8 Å². The molecule has 0 heterocycles. The predicted octanol–water partition coefficient (Wildman–Crippen LogP) is 3.33. The number of benzene rings is 2. The van der Waals surface area contributed by atoms with Gasteiger partial charge in [0.15, 0.2) is 11.5 Å². The van der Waals surface area contributed by atoms with Crippen LogP contribution in [0.4, 0.5) is 0 Å². The van der Waals surface area contributed by atoms with Crippen LogP contribution in [0.3, 0.4) is 0 Å². The Morgan fingerprint density at radius 2 is 1.82 bits per heavy atom. The van der Waals surface area contributed by atoms with Gasteiger partial charge < -0.3 is 14.8 Å². The second-order valence-electron chi connectivity index (χ2n) is 4.67. The molecule has 0 aromatic heterocycles. The zero-order valence-electron chi connectivity index (χ0n) is 12.6. The first-order chi connectivity index (χ1) is 10.7. The van der Waals surface area contributed by atoms with Crippen LogP contribution in [0.1, 0.15) is 15.9 Å². The van der Waals surface area contributed by atoms with Crippen LogP contribution in [0.2, 0.25) is 5.02 Å². The molecule has 2 aromatic rings. The van der Waals surface area contributed by atoms with E-state index in [0.29, 0.717) is 28.6 Å². The Morgan fingerprint density at radius 3 is 2.45 bits per heavy atom. The van der Waals surface area contributed by atoms with Crippen molar-refractivity contribution in [2.24, 2.45) is 0 Å². The van der Waals surface area contributed by atoms with Crippen molar-refractivity contribution in [3.63, 3.8) is 0 Å². The summed E-state index contributed by atoms with van der Waals surface area (Å²) in [4.78, 5) is 12.3. The predicted molar refractivity (Wildman–Crippen MR) is 87.0 cm³/mol. The van der Waals surface area contributed by atoms with Gasteiger partial charge in [-0.25, -0.2) is 0 Å². The minimum Gasteiger partial charge on any atom is -0.493 e. The van der Waals surface area contributed by atoms with E-state index in [2.05, 4.69) is 5.32 Å². The molecular formula is C17H18ClNO3. The van der Waals surface area contributed by atoms with E-state index in [1.54, 1.807) is 25.3 Å². The molecule has 0 saturated heterocycles. The van der Waals surface area contributed by atoms with Crippen LogP contribution in [0, 0.1) is 0 Å². The number of nitrogens with one attached hydrogen (secondary N) is 1. The molecular weight excluding hydrogens is 302 g/mol. The lowest BCUT2D eigenvalue weighted by Gasteiger charge is -2.12. The summed E-state index contributed by atoms with van der Waals surface area (Å²) in [7, 11) is 3.06. The van der Waals surface area contributed by atoms with Crippen molar-refractivity contribution in [2.75, 3.05) is 20.8 Å². The standard InChI is InChI=1S/C17H18ClNO3/c1-21-15-5-3-4-14(16(15)22-2)17(20)19-11-10-12-6-8-13(18)9-7-12/h3-9H,10-11H2,1-2H3,(H,19,20). The largest absolute Gasteiger partial charge is 0.493 e. The molecule has 0 saturated carbocycles. The molecule has 0 aliphatic rings. The number of hydrogen-bond acceptors (Lipinski definition) is 3. The summed E-state index contributed by atoms with van der Waals surface area (Å²) in [5.41, 5.74) is 1.57. The van der Waals surface area contributed by atoms with Crippen LogP contribution in [0.15, 0.2) is 42.5 Å². The van der Waals surface area contributed by atoms with Gasteiger partial charge in [-0.3, -0.25) is 4.79 Å². The summed E-state index contributed by atoms with van der Waals surface area (Å²) in [6.07, 6.45) is 0.731. The molecule has 0 fully saturated rings. The van der Waals surface area contributed by atoms with E-state index in [9.17, 15) is 4.79 Å². The molecule has 0 aliphatic heterocycles. The van der Waals surface area contributed by atoms with Crippen molar-refractivity contribution in [1.29, 1.82) is 0 Å². The highest BCUT2D eigenvalue weighted by Crippen LogP contribution is 2.30. The average Bonchev–Trinajstić information content (AvgIpc) is 2.55. The molecule has 4 nitrogen and oxygen atoms in total. The smallest absolute Gasteiger partial charge is 0.255 e. The fraction of sp³-hybridized carbons (Fsp3) is 0.235. The van der Waals surface area contributed by atoms with E-state index >= 15 is 0 Å². The summed E-state index contributed by atoms with van der Waals surface area (Å²) < 4.78 is 10.5. The van der Waals surface area contributed by atoms with Gasteiger partial charge in [-0.05, 0) is 36.2 Å². The van der Waals surface area contributed by atoms with Gasteiger partial charge in [0, 0.05) is 11.6 Å². The Morgan fingerprint density at radius 1 is 1.09 bits per heavy atom. The lowest BCUT2D eigenvalue weighted by atomic mass is 10.1. The Bertz CT molecular complexity index is 641. The zero-order valence-corrected chi connectivity index (χ0v) is 13.3. The Hall–Kier alpha value is -2.20. The van der Waals surface area contributed by atoms with Gasteiger partial charge in [0.25, 0.3) is 5.91 Å². The van der Waals surface area contributed by atoms with Crippen LogP contribution < -0.4 is 14.8 Å². The van der Waals surface area contributed by atoms with Crippen molar-refractivity contribution < 1.29 is 14.3 Å². The fourth-order valence-electron chi connectivity index (χ4n) is 2.13. The number of halogens is 1. The molecule has 0 unspecified atom stereocenters. The van der Waals surface area contributed by atoms with Crippen molar-refractivity contribution in [1.82, 2.24) is 5.32 Å². The molecule has 2 aromatic carbocycles. The molecule has 22 heavy (non-hydrogen) atoms. The first kappa shape index (κ1) is 16.2. The second-order valence-corrected chi connectivity index (χ2v) is 5.11. The monoisotopic (exact) mass is 319 g/mol. The molecule has 5 heteroatoms. The van der Waals surface area contributed by atoms with Crippen LogP contribution >= 0.6 is 11.6 Å². The number of rotatable bonds is 6. The summed E-state index contributed by atoms with van der Waals surface area (Å²) in [6.45, 7) is 0.529. The molecule has 116 valence electrons. The molecule has 0 bridgehead atoms. The molecule has 1 N–H and O–H groups in total. The lowest BCUT2D eigenvalue weighted by Crippen LogP contribution is -2.26. The zero-order chi connectivity index (χ0) is 15.9. The topological polar surface area (TPSA) is 47.6 Å². The Labute approximate surface area is 135 Å². The van der Waals surface area contributed by atoms with Crippen LogP contribution in [0.25, 0.3) is 0 Å². The third-order valence-electron chi connectivity index (χ3n) is 3.26. The van der Waals surface area contributed by atoms with Crippen molar-refractivity contribution in [2.45, 2.75) is 6.42 Å². The Balaban J connectivity index is 1.99. The molecule has 0 radical (unpaired) electrons. The maximum absolute atomic E-state index is 12.3. The highest BCUT2D eigenvalue weighted by molar-refractivity contribution is 6.30. The van der Waals surface area contributed by atoms with Crippen molar-refractivity contribution in [3.8, 4) is 11.5 Å². The first-order valence-corrected chi connectivity index (χ1v) is 7.27. The molecule has 0 aliphatic carbocycles. The van der Waals surface area contributed by atoms with E-state index in [0.717, 1.165) is 12.0 Å². The van der Waals surface area contributed by atoms with Crippen LogP contribution in [0.5, 0.6) is 11.5 Å².